The standard InChI is InChI=1S/C40H58N4O14S.Na.H/c1-28(2)37(44-40(50)58-27-33-31-11-5-3-9-29(31)30-10-4-6-12-32(30)33)38(47)43-34(39(48)49)13-7-8-16-41-35(45)14-18-54-20-22-56-24-25-57-23-21-55-19-15-36(46)42-17-26-59(51,52)53;;/h3-6,9-12,28,33-34,37H,7-8,13-27H2,1-2H3,(H,41,45)(H,42,46)(H,43,47)(H,44,50)(H,48,49)(H,51,52,53);;/t34-,37-;;/m0../s1. The molecule has 18 nitrogen and oxygen atoms in total. The summed E-state index contributed by atoms with van der Waals surface area (Å²) in [4.78, 5) is 61.7. The average molecular weight is 875 g/mol. The molecule has 3 rings (SSSR count). The Balaban J connectivity index is 0.0000124. The van der Waals surface area contributed by atoms with Gasteiger partial charge in [0.15, 0.2) is 0 Å². The van der Waals surface area contributed by atoms with E-state index < -0.39 is 51.8 Å². The molecular formula is C40H59N4NaO14S. The zero-order valence-corrected chi connectivity index (χ0v) is 34.5. The van der Waals surface area contributed by atoms with E-state index in [1.165, 1.54) is 0 Å². The summed E-state index contributed by atoms with van der Waals surface area (Å²) in [6, 6.07) is 13.7. The van der Waals surface area contributed by atoms with Crippen molar-refractivity contribution in [2.75, 3.05) is 78.3 Å². The molecular weight excluding hydrogens is 816 g/mol. The number of hydrogen-bond donors (Lipinski definition) is 6. The van der Waals surface area contributed by atoms with Gasteiger partial charge in [-0.25, -0.2) is 9.59 Å². The molecule has 2 atom stereocenters. The third-order valence-corrected chi connectivity index (χ3v) is 9.89. The molecule has 0 fully saturated rings. The summed E-state index contributed by atoms with van der Waals surface area (Å²) in [6.45, 7) is 5.80. The molecule has 0 heterocycles. The number of aliphatic carboxylic acids is 1. The van der Waals surface area contributed by atoms with Gasteiger partial charge < -0.3 is 50.1 Å². The normalized spacial score (nSPS) is 13.0. The molecule has 0 saturated heterocycles. The Bertz CT molecular complexity index is 1720. The minimum atomic E-state index is -4.12. The van der Waals surface area contributed by atoms with Gasteiger partial charge in [-0.15, -0.1) is 0 Å². The van der Waals surface area contributed by atoms with Crippen LogP contribution < -0.4 is 21.3 Å². The number of nitrogens with one attached hydrogen (secondary N) is 4. The van der Waals surface area contributed by atoms with Crippen molar-refractivity contribution in [1.82, 2.24) is 21.3 Å². The van der Waals surface area contributed by atoms with Crippen LogP contribution in [0.5, 0.6) is 0 Å². The van der Waals surface area contributed by atoms with Crippen LogP contribution >= 0.6 is 0 Å². The van der Waals surface area contributed by atoms with Gasteiger partial charge in [-0.2, -0.15) is 8.42 Å². The molecule has 2 aromatic rings. The Morgan fingerprint density at radius 2 is 1.18 bits per heavy atom. The van der Waals surface area contributed by atoms with Gasteiger partial charge in [-0.05, 0) is 47.4 Å². The van der Waals surface area contributed by atoms with E-state index in [9.17, 15) is 37.5 Å². The van der Waals surface area contributed by atoms with E-state index in [-0.39, 0.29) is 106 Å². The van der Waals surface area contributed by atoms with Crippen molar-refractivity contribution in [1.29, 1.82) is 0 Å². The van der Waals surface area contributed by atoms with E-state index >= 15 is 0 Å². The van der Waals surface area contributed by atoms with Crippen molar-refractivity contribution in [2.45, 2.75) is 64.0 Å². The van der Waals surface area contributed by atoms with Gasteiger partial charge in [0.05, 0.1) is 58.6 Å². The first-order valence-electron chi connectivity index (χ1n) is 19.7. The summed E-state index contributed by atoms with van der Waals surface area (Å²) in [6.07, 6.45) is 0.431. The van der Waals surface area contributed by atoms with E-state index in [1.54, 1.807) is 13.8 Å². The molecule has 20 heteroatoms. The van der Waals surface area contributed by atoms with E-state index in [4.69, 9.17) is 28.2 Å². The average Bonchev–Trinajstić information content (AvgIpc) is 3.51. The van der Waals surface area contributed by atoms with Crippen molar-refractivity contribution in [3.63, 3.8) is 0 Å². The van der Waals surface area contributed by atoms with Crippen molar-refractivity contribution in [3.05, 3.63) is 59.7 Å². The first-order valence-corrected chi connectivity index (χ1v) is 21.3. The van der Waals surface area contributed by atoms with Gasteiger partial charge in [0.1, 0.15) is 18.7 Å². The Morgan fingerprint density at radius 1 is 0.700 bits per heavy atom. The molecule has 4 amide bonds. The second-order valence-corrected chi connectivity index (χ2v) is 15.6. The molecule has 1 aliphatic carbocycles. The van der Waals surface area contributed by atoms with Crippen LogP contribution in [0.25, 0.3) is 11.1 Å². The number of carbonyl (C=O) groups excluding carboxylic acids is 4. The molecule has 0 unspecified atom stereocenters. The van der Waals surface area contributed by atoms with Crippen LogP contribution in [-0.2, 0) is 53.0 Å². The summed E-state index contributed by atoms with van der Waals surface area (Å²) >= 11 is 0. The van der Waals surface area contributed by atoms with Gasteiger partial charge in [0, 0.05) is 31.8 Å². The zero-order chi connectivity index (χ0) is 43.0. The predicted octanol–water partition coefficient (Wildman–Crippen LogP) is 1.61. The molecule has 2 aromatic carbocycles. The first-order chi connectivity index (χ1) is 28.3. The van der Waals surface area contributed by atoms with Crippen LogP contribution in [0.1, 0.15) is 63.0 Å². The fourth-order valence-corrected chi connectivity index (χ4v) is 6.47. The maximum absolute atomic E-state index is 13.2. The maximum atomic E-state index is 13.2. The number of carboxylic acid groups (broad SMARTS) is 1. The Kier molecular flexibility index (Phi) is 25.2. The molecule has 1 aliphatic rings. The SMILES string of the molecule is CC(C)[C@H](NC(=O)OCC1c2ccccc2-c2ccccc21)C(=O)N[C@@H](CCCCNC(=O)CCOCCOCCOCCOCCC(=O)NCCS(=O)(=O)O)C(=O)O.[NaH]. The number of carboxylic acids is 1. The molecule has 0 spiro atoms. The molecule has 6 N–H and O–H groups in total. The summed E-state index contributed by atoms with van der Waals surface area (Å²) in [5.41, 5.74) is 4.29. The molecule has 0 aromatic heterocycles. The van der Waals surface area contributed by atoms with Gasteiger partial charge in [0.2, 0.25) is 17.7 Å². The number of alkyl carbamates (subject to hydrolysis) is 1. The van der Waals surface area contributed by atoms with E-state index in [1.807, 2.05) is 48.5 Å². The number of amides is 4. The summed E-state index contributed by atoms with van der Waals surface area (Å²) < 4.78 is 56.9. The quantitative estimate of drug-likeness (QED) is 0.0371. The molecule has 0 aliphatic heterocycles. The van der Waals surface area contributed by atoms with Gasteiger partial charge in [-0.1, -0.05) is 62.4 Å². The molecule has 60 heavy (non-hydrogen) atoms. The predicted molar refractivity (Wildman–Crippen MR) is 222 cm³/mol. The number of fused-ring (bicyclic) bond motifs is 3. The van der Waals surface area contributed by atoms with Crippen LogP contribution in [0.4, 0.5) is 4.79 Å². The zero-order valence-electron chi connectivity index (χ0n) is 33.7. The Labute approximate surface area is 373 Å². The Hall–Kier alpha value is -3.66. The van der Waals surface area contributed by atoms with Gasteiger partial charge in [0.25, 0.3) is 10.1 Å². The van der Waals surface area contributed by atoms with Crippen LogP contribution in [0, 0.1) is 5.92 Å². The van der Waals surface area contributed by atoms with Crippen LogP contribution in [0.3, 0.4) is 0 Å². The fourth-order valence-electron chi connectivity index (χ4n) is 6.11. The number of ether oxygens (including phenoxy) is 5. The van der Waals surface area contributed by atoms with E-state index in [2.05, 4.69) is 21.3 Å². The second kappa shape index (κ2) is 28.8. The van der Waals surface area contributed by atoms with Crippen LogP contribution in [0.2, 0.25) is 0 Å². The monoisotopic (exact) mass is 874 g/mol. The third-order valence-electron chi connectivity index (χ3n) is 9.17. The van der Waals surface area contributed by atoms with Crippen LogP contribution in [-0.4, -0.2) is 168 Å². The summed E-state index contributed by atoms with van der Waals surface area (Å²) in [5, 5.41) is 20.1. The van der Waals surface area contributed by atoms with E-state index in [0.29, 0.717) is 45.8 Å². The van der Waals surface area contributed by atoms with Crippen molar-refractivity contribution in [2.24, 2.45) is 5.92 Å². The number of hydrogen-bond acceptors (Lipinski definition) is 12. The van der Waals surface area contributed by atoms with E-state index in [0.717, 1.165) is 22.3 Å². The summed E-state index contributed by atoms with van der Waals surface area (Å²) in [5.74, 6) is -3.51. The van der Waals surface area contributed by atoms with Crippen molar-refractivity contribution < 1.29 is 65.7 Å². The van der Waals surface area contributed by atoms with Crippen LogP contribution in [0.15, 0.2) is 48.5 Å². The molecule has 330 valence electrons. The fraction of sp³-hybridized carbons (Fsp3) is 0.575. The second-order valence-electron chi connectivity index (χ2n) is 14.0. The summed E-state index contributed by atoms with van der Waals surface area (Å²) in [7, 11) is -4.12. The van der Waals surface area contributed by atoms with Crippen molar-refractivity contribution in [3.8, 4) is 11.1 Å². The first kappa shape index (κ1) is 52.5. The van der Waals surface area contributed by atoms with Gasteiger partial charge >= 0.3 is 41.6 Å². The minimum absolute atomic E-state index is 0. The molecule has 0 saturated carbocycles. The molecule has 0 bridgehead atoms. The van der Waals surface area contributed by atoms with Gasteiger partial charge in [-0.3, -0.25) is 18.9 Å². The number of benzene rings is 2. The number of rotatable bonds is 30. The van der Waals surface area contributed by atoms with Crippen molar-refractivity contribution >= 4 is 69.5 Å². The topological polar surface area (TPSA) is 254 Å². The number of unbranched alkanes of at least 4 members (excludes halogenated alkanes) is 1. The third kappa shape index (κ3) is 20.3. The number of carbonyl (C=O) groups is 5. The Morgan fingerprint density at radius 3 is 1.67 bits per heavy atom. The molecule has 0 radical (unpaired) electrons.